The number of nitrogens with one attached hydrogen (secondary N) is 1. The average molecular weight is 497 g/mol. The second kappa shape index (κ2) is 10.6. The topological polar surface area (TPSA) is 86.2 Å². The van der Waals surface area contributed by atoms with Crippen LogP contribution in [-0.4, -0.2) is 32.3 Å². The third-order valence-corrected chi connectivity index (χ3v) is 4.97. The molecule has 32 heavy (non-hydrogen) atoms. The molecule has 0 aromatic heterocycles. The molecule has 3 aromatic rings. The number of benzene rings is 3. The number of hydrogen-bond donors (Lipinski definition) is 1. The van der Waals surface area contributed by atoms with Crippen molar-refractivity contribution in [1.29, 1.82) is 0 Å². The van der Waals surface area contributed by atoms with E-state index in [1.807, 2.05) is 19.1 Å². The normalized spacial score (nSPS) is 10.6. The van der Waals surface area contributed by atoms with Crippen LogP contribution in [0.4, 0.5) is 0 Å². The van der Waals surface area contributed by atoms with Crippen LogP contribution < -0.4 is 19.6 Å². The molecular weight excluding hydrogens is 476 g/mol. The van der Waals surface area contributed by atoms with Crippen LogP contribution in [0.5, 0.6) is 17.2 Å². The van der Waals surface area contributed by atoms with Crippen LogP contribution in [0, 0.1) is 6.92 Å². The van der Waals surface area contributed by atoms with Crippen molar-refractivity contribution in [3.63, 3.8) is 0 Å². The van der Waals surface area contributed by atoms with E-state index in [1.165, 1.54) is 20.4 Å². The van der Waals surface area contributed by atoms with E-state index in [1.54, 1.807) is 48.5 Å². The number of esters is 1. The first-order valence-electron chi connectivity index (χ1n) is 9.55. The Morgan fingerprint density at radius 2 is 1.53 bits per heavy atom. The summed E-state index contributed by atoms with van der Waals surface area (Å²) in [6.45, 7) is 1.94. The summed E-state index contributed by atoms with van der Waals surface area (Å²) >= 11 is 3.39. The van der Waals surface area contributed by atoms with Gasteiger partial charge in [-0.3, -0.25) is 4.79 Å². The zero-order chi connectivity index (χ0) is 23.1. The predicted molar refractivity (Wildman–Crippen MR) is 125 cm³/mol. The van der Waals surface area contributed by atoms with Crippen molar-refractivity contribution >= 4 is 34.0 Å². The Labute approximate surface area is 194 Å². The van der Waals surface area contributed by atoms with Gasteiger partial charge in [0.25, 0.3) is 5.91 Å². The number of amides is 1. The zero-order valence-electron chi connectivity index (χ0n) is 17.7. The van der Waals surface area contributed by atoms with Crippen LogP contribution in [0.15, 0.2) is 70.2 Å². The molecule has 0 heterocycles. The molecular formula is C24H21BrN2O5. The van der Waals surface area contributed by atoms with Gasteiger partial charge in [0, 0.05) is 15.6 Å². The Morgan fingerprint density at radius 1 is 0.875 bits per heavy atom. The first kappa shape index (κ1) is 23.0. The van der Waals surface area contributed by atoms with E-state index in [0.717, 1.165) is 10.0 Å². The van der Waals surface area contributed by atoms with Crippen molar-refractivity contribution in [3.8, 4) is 17.2 Å². The van der Waals surface area contributed by atoms with Crippen molar-refractivity contribution in [2.24, 2.45) is 5.10 Å². The van der Waals surface area contributed by atoms with Gasteiger partial charge in [-0.05, 0) is 55.5 Å². The lowest BCUT2D eigenvalue weighted by molar-refractivity contribution is 0.0734. The van der Waals surface area contributed by atoms with Crippen molar-refractivity contribution in [1.82, 2.24) is 5.43 Å². The standard InChI is InChI=1S/C24H21BrN2O5/c1-15-4-6-16(7-5-15)24(29)32-20-11-9-19(25)12-18(20)14-26-27-23(28)17-8-10-21(30-2)22(13-17)31-3/h4-14H,1-3H3,(H,27,28)/b26-14-. The van der Waals surface area contributed by atoms with E-state index >= 15 is 0 Å². The largest absolute Gasteiger partial charge is 0.493 e. The first-order chi connectivity index (χ1) is 15.4. The molecule has 0 aliphatic rings. The number of carbonyl (C=O) groups excluding carboxylic acids is 2. The van der Waals surface area contributed by atoms with Gasteiger partial charge in [0.2, 0.25) is 0 Å². The molecule has 0 atom stereocenters. The van der Waals surface area contributed by atoms with Gasteiger partial charge >= 0.3 is 5.97 Å². The van der Waals surface area contributed by atoms with Crippen LogP contribution >= 0.6 is 15.9 Å². The Bertz CT molecular complexity index is 1160. The summed E-state index contributed by atoms with van der Waals surface area (Å²) in [4.78, 5) is 24.9. The summed E-state index contributed by atoms with van der Waals surface area (Å²) in [6.07, 6.45) is 1.40. The summed E-state index contributed by atoms with van der Waals surface area (Å²) < 4.78 is 16.7. The minimum atomic E-state index is -0.490. The lowest BCUT2D eigenvalue weighted by Gasteiger charge is -2.09. The molecule has 0 saturated heterocycles. The summed E-state index contributed by atoms with van der Waals surface area (Å²) in [6, 6.07) is 17.0. The number of ether oxygens (including phenoxy) is 3. The monoisotopic (exact) mass is 496 g/mol. The molecule has 0 unspecified atom stereocenters. The summed E-state index contributed by atoms with van der Waals surface area (Å²) in [7, 11) is 3.01. The van der Waals surface area contributed by atoms with E-state index < -0.39 is 11.9 Å². The second-order valence-electron chi connectivity index (χ2n) is 6.71. The maximum atomic E-state index is 12.5. The van der Waals surface area contributed by atoms with E-state index in [9.17, 15) is 9.59 Å². The highest BCUT2D eigenvalue weighted by Gasteiger charge is 2.13. The number of nitrogens with zero attached hydrogens (tertiary/aromatic N) is 1. The highest BCUT2D eigenvalue weighted by atomic mass is 79.9. The predicted octanol–water partition coefficient (Wildman–Crippen LogP) is 4.76. The first-order valence-corrected chi connectivity index (χ1v) is 10.3. The molecule has 3 rings (SSSR count). The second-order valence-corrected chi connectivity index (χ2v) is 7.62. The Kier molecular flexibility index (Phi) is 7.62. The Balaban J connectivity index is 1.74. The molecule has 1 N–H and O–H groups in total. The van der Waals surface area contributed by atoms with Gasteiger partial charge in [0.05, 0.1) is 26.0 Å². The maximum Gasteiger partial charge on any atom is 0.343 e. The van der Waals surface area contributed by atoms with E-state index in [0.29, 0.717) is 33.9 Å². The Morgan fingerprint density at radius 3 is 2.22 bits per heavy atom. The zero-order valence-corrected chi connectivity index (χ0v) is 19.3. The quantitative estimate of drug-likeness (QED) is 0.220. The lowest BCUT2D eigenvalue weighted by atomic mass is 10.1. The summed E-state index contributed by atoms with van der Waals surface area (Å²) in [5, 5.41) is 4.00. The third kappa shape index (κ3) is 5.73. The molecule has 0 radical (unpaired) electrons. The summed E-state index contributed by atoms with van der Waals surface area (Å²) in [5.74, 6) is 0.331. The molecule has 0 fully saturated rings. The smallest absolute Gasteiger partial charge is 0.343 e. The van der Waals surface area contributed by atoms with Gasteiger partial charge in [0.15, 0.2) is 11.5 Å². The number of rotatable bonds is 7. The van der Waals surface area contributed by atoms with Crippen molar-refractivity contribution < 1.29 is 23.8 Å². The van der Waals surface area contributed by atoms with Gasteiger partial charge < -0.3 is 14.2 Å². The van der Waals surface area contributed by atoms with E-state index in [2.05, 4.69) is 26.5 Å². The maximum absolute atomic E-state index is 12.5. The SMILES string of the molecule is COc1ccc(C(=O)N/N=C\c2cc(Br)ccc2OC(=O)c2ccc(C)cc2)cc1OC. The fourth-order valence-corrected chi connectivity index (χ4v) is 3.14. The Hall–Kier alpha value is -3.65. The van der Waals surface area contributed by atoms with Crippen LogP contribution in [0.1, 0.15) is 31.8 Å². The molecule has 164 valence electrons. The van der Waals surface area contributed by atoms with Gasteiger partial charge in [-0.1, -0.05) is 33.6 Å². The molecule has 0 aliphatic carbocycles. The summed E-state index contributed by atoms with van der Waals surface area (Å²) in [5.41, 5.74) is 4.78. The van der Waals surface area contributed by atoms with Crippen molar-refractivity contribution in [3.05, 3.63) is 87.4 Å². The van der Waals surface area contributed by atoms with E-state index in [4.69, 9.17) is 14.2 Å². The van der Waals surface area contributed by atoms with Crippen LogP contribution in [0.25, 0.3) is 0 Å². The van der Waals surface area contributed by atoms with E-state index in [-0.39, 0.29) is 0 Å². The number of carbonyl (C=O) groups is 2. The fraction of sp³-hybridized carbons (Fsp3) is 0.125. The van der Waals surface area contributed by atoms with Gasteiger partial charge in [-0.2, -0.15) is 5.10 Å². The molecule has 7 nitrogen and oxygen atoms in total. The fourth-order valence-electron chi connectivity index (χ4n) is 2.76. The number of halogens is 1. The number of hydrazone groups is 1. The minimum absolute atomic E-state index is 0.308. The van der Waals surface area contributed by atoms with Crippen LogP contribution in [0.3, 0.4) is 0 Å². The van der Waals surface area contributed by atoms with Crippen LogP contribution in [0.2, 0.25) is 0 Å². The van der Waals surface area contributed by atoms with Gasteiger partial charge in [-0.15, -0.1) is 0 Å². The number of aryl methyl sites for hydroxylation is 1. The molecule has 3 aromatic carbocycles. The molecule has 8 heteroatoms. The number of methoxy groups -OCH3 is 2. The lowest BCUT2D eigenvalue weighted by Crippen LogP contribution is -2.18. The van der Waals surface area contributed by atoms with Crippen LogP contribution in [-0.2, 0) is 0 Å². The highest BCUT2D eigenvalue weighted by molar-refractivity contribution is 9.10. The molecule has 0 saturated carbocycles. The molecule has 0 spiro atoms. The molecule has 0 aliphatic heterocycles. The number of hydrogen-bond acceptors (Lipinski definition) is 6. The van der Waals surface area contributed by atoms with Crippen molar-refractivity contribution in [2.45, 2.75) is 6.92 Å². The molecule has 1 amide bonds. The third-order valence-electron chi connectivity index (χ3n) is 4.48. The molecule has 0 bridgehead atoms. The average Bonchev–Trinajstić information content (AvgIpc) is 2.80. The minimum Gasteiger partial charge on any atom is -0.493 e. The van der Waals surface area contributed by atoms with Gasteiger partial charge in [-0.25, -0.2) is 10.2 Å². The van der Waals surface area contributed by atoms with Crippen molar-refractivity contribution in [2.75, 3.05) is 14.2 Å². The highest BCUT2D eigenvalue weighted by Crippen LogP contribution is 2.27. The van der Waals surface area contributed by atoms with Gasteiger partial charge in [0.1, 0.15) is 5.75 Å².